The molecule has 0 aliphatic rings. The number of hydrogen-bond acceptors (Lipinski definition) is 4. The van der Waals surface area contributed by atoms with Gasteiger partial charge >= 0.3 is 0 Å². The van der Waals surface area contributed by atoms with Crippen LogP contribution < -0.4 is 11.1 Å². The van der Waals surface area contributed by atoms with Gasteiger partial charge in [-0.2, -0.15) is 0 Å². The first-order valence-electron chi connectivity index (χ1n) is 7.85. The van der Waals surface area contributed by atoms with Gasteiger partial charge < -0.3 is 21.3 Å². The maximum atomic E-state index is 11.8. The van der Waals surface area contributed by atoms with E-state index in [2.05, 4.69) is 5.32 Å². The number of allylic oxidation sites excluding steroid dienone is 1. The number of aliphatic hydroxyl groups excluding tert-OH is 1. The van der Waals surface area contributed by atoms with Crippen molar-refractivity contribution in [2.75, 3.05) is 11.1 Å². The molecule has 0 aromatic heterocycles. The van der Waals surface area contributed by atoms with E-state index in [0.29, 0.717) is 24.2 Å². The van der Waals surface area contributed by atoms with Crippen LogP contribution >= 0.6 is 0 Å². The molecule has 0 saturated heterocycles. The smallest absolute Gasteiger partial charge is 0.248 e. The van der Waals surface area contributed by atoms with Crippen molar-refractivity contribution in [3.63, 3.8) is 0 Å². The normalized spacial score (nSPS) is 12.2. The van der Waals surface area contributed by atoms with Crippen LogP contribution in [0.15, 0.2) is 60.7 Å². The van der Waals surface area contributed by atoms with Gasteiger partial charge in [0.15, 0.2) is 0 Å². The van der Waals surface area contributed by atoms with Gasteiger partial charge in [-0.3, -0.25) is 4.79 Å². The predicted molar refractivity (Wildman–Crippen MR) is 95.5 cm³/mol. The molecule has 1 atom stereocenters. The van der Waals surface area contributed by atoms with Gasteiger partial charge in [0, 0.05) is 0 Å². The molecule has 0 unspecified atom stereocenters. The molecule has 0 saturated carbocycles. The highest BCUT2D eigenvalue weighted by Crippen LogP contribution is 2.21. The van der Waals surface area contributed by atoms with Gasteiger partial charge in [-0.1, -0.05) is 30.3 Å². The zero-order chi connectivity index (χ0) is 17.4. The van der Waals surface area contributed by atoms with Crippen molar-refractivity contribution in [1.82, 2.24) is 0 Å². The van der Waals surface area contributed by atoms with Gasteiger partial charge in [0.05, 0.1) is 17.5 Å². The van der Waals surface area contributed by atoms with Crippen LogP contribution in [-0.4, -0.2) is 16.1 Å². The highest BCUT2D eigenvalue weighted by molar-refractivity contribution is 6.01. The first kappa shape index (κ1) is 17.6. The van der Waals surface area contributed by atoms with Crippen LogP contribution in [0.5, 0.6) is 5.75 Å². The number of aromatic hydroxyl groups is 1. The molecule has 0 spiro atoms. The van der Waals surface area contributed by atoms with E-state index in [-0.39, 0.29) is 11.7 Å². The van der Waals surface area contributed by atoms with E-state index in [9.17, 15) is 15.0 Å². The number of para-hydroxylation sites is 2. The number of carbonyl (C=O) groups excluding carboxylic acids is 1. The summed E-state index contributed by atoms with van der Waals surface area (Å²) < 4.78 is 0. The summed E-state index contributed by atoms with van der Waals surface area (Å²) in [5, 5.41) is 22.0. The zero-order valence-corrected chi connectivity index (χ0v) is 13.4. The summed E-state index contributed by atoms with van der Waals surface area (Å²) in [7, 11) is 0. The minimum atomic E-state index is -0.572. The third kappa shape index (κ3) is 5.44. The summed E-state index contributed by atoms with van der Waals surface area (Å²) >= 11 is 0. The van der Waals surface area contributed by atoms with Gasteiger partial charge in [0.1, 0.15) is 5.75 Å². The summed E-state index contributed by atoms with van der Waals surface area (Å²) in [6.07, 6.45) is 4.70. The summed E-state index contributed by atoms with van der Waals surface area (Å²) in [5.74, 6) is -0.0501. The molecule has 0 fully saturated rings. The molecule has 0 aliphatic carbocycles. The lowest BCUT2D eigenvalue weighted by Gasteiger charge is -2.10. The van der Waals surface area contributed by atoms with Crippen molar-refractivity contribution in [3.05, 3.63) is 66.2 Å². The molecule has 126 valence electrons. The average molecular weight is 326 g/mol. The van der Waals surface area contributed by atoms with Gasteiger partial charge in [0.2, 0.25) is 5.91 Å². The number of hydrogen-bond donors (Lipinski definition) is 4. The number of rotatable bonds is 7. The molecular weight excluding hydrogens is 304 g/mol. The molecule has 24 heavy (non-hydrogen) atoms. The quantitative estimate of drug-likeness (QED) is 0.356. The van der Waals surface area contributed by atoms with Crippen LogP contribution in [0.1, 0.15) is 30.9 Å². The van der Waals surface area contributed by atoms with Crippen LogP contribution in [0.4, 0.5) is 11.4 Å². The first-order chi connectivity index (χ1) is 11.6. The lowest BCUT2D eigenvalue weighted by Crippen LogP contribution is -2.09. The number of benzene rings is 2. The van der Waals surface area contributed by atoms with E-state index in [1.54, 1.807) is 54.6 Å². The van der Waals surface area contributed by atoms with Gasteiger partial charge in [-0.05, 0) is 55.2 Å². The van der Waals surface area contributed by atoms with Crippen molar-refractivity contribution in [3.8, 4) is 5.75 Å². The Hall–Kier alpha value is -2.79. The van der Waals surface area contributed by atoms with E-state index in [0.717, 1.165) is 12.0 Å². The fraction of sp³-hybridized carbons (Fsp3) is 0.211. The average Bonchev–Trinajstić information content (AvgIpc) is 2.57. The van der Waals surface area contributed by atoms with Crippen LogP contribution in [-0.2, 0) is 4.79 Å². The van der Waals surface area contributed by atoms with Crippen molar-refractivity contribution in [2.24, 2.45) is 0 Å². The Labute approximate surface area is 141 Å². The van der Waals surface area contributed by atoms with Gasteiger partial charge in [-0.25, -0.2) is 0 Å². The van der Waals surface area contributed by atoms with Crippen molar-refractivity contribution >= 4 is 17.3 Å². The van der Waals surface area contributed by atoms with Crippen molar-refractivity contribution < 1.29 is 15.0 Å². The second-order valence-corrected chi connectivity index (χ2v) is 5.52. The maximum Gasteiger partial charge on any atom is 0.248 e. The summed E-state index contributed by atoms with van der Waals surface area (Å²) in [4.78, 5) is 11.8. The first-order valence-corrected chi connectivity index (χ1v) is 7.85. The Morgan fingerprint density at radius 2 is 1.88 bits per heavy atom. The Morgan fingerprint density at radius 3 is 2.58 bits per heavy atom. The molecule has 0 aliphatic heterocycles. The second kappa shape index (κ2) is 8.74. The Bertz CT molecular complexity index is 696. The number of nitrogens with two attached hydrogens (primary N) is 1. The van der Waals surface area contributed by atoms with Crippen molar-refractivity contribution in [1.29, 1.82) is 0 Å². The largest absolute Gasteiger partial charge is 0.508 e. The van der Waals surface area contributed by atoms with Gasteiger partial charge in [0.25, 0.3) is 0 Å². The van der Waals surface area contributed by atoms with E-state index < -0.39 is 6.10 Å². The Morgan fingerprint density at radius 1 is 1.17 bits per heavy atom. The number of unbranched alkanes of at least 4 members (excludes halogenated alkanes) is 1. The fourth-order valence-electron chi connectivity index (χ4n) is 2.27. The molecule has 0 bridgehead atoms. The molecule has 5 N–H and O–H groups in total. The Balaban J connectivity index is 1.71. The molecule has 2 rings (SSSR count). The molecule has 5 heteroatoms. The van der Waals surface area contributed by atoms with Gasteiger partial charge in [-0.15, -0.1) is 0 Å². The Kier molecular flexibility index (Phi) is 6.40. The second-order valence-electron chi connectivity index (χ2n) is 5.52. The van der Waals surface area contributed by atoms with Crippen LogP contribution in [0.2, 0.25) is 0 Å². The summed E-state index contributed by atoms with van der Waals surface area (Å²) in [6, 6.07) is 13.6. The van der Waals surface area contributed by atoms with Crippen LogP contribution in [0.3, 0.4) is 0 Å². The molecular formula is C19H22N2O3. The SMILES string of the molecule is Nc1ccccc1NC(=O)/C=C/CCC[C@H](O)c1ccc(O)cc1. The molecule has 2 aromatic carbocycles. The molecule has 1 amide bonds. The van der Waals surface area contributed by atoms with Crippen LogP contribution in [0, 0.1) is 0 Å². The molecule has 2 aromatic rings. The monoisotopic (exact) mass is 326 g/mol. The topological polar surface area (TPSA) is 95.6 Å². The van der Waals surface area contributed by atoms with Crippen LogP contribution in [0.25, 0.3) is 0 Å². The zero-order valence-electron chi connectivity index (χ0n) is 13.4. The third-order valence-corrected chi connectivity index (χ3v) is 3.61. The number of phenols is 1. The highest BCUT2D eigenvalue weighted by atomic mass is 16.3. The predicted octanol–water partition coefficient (Wildman–Crippen LogP) is 3.37. The fourth-order valence-corrected chi connectivity index (χ4v) is 2.27. The number of aliphatic hydroxyl groups is 1. The number of phenolic OH excluding ortho intramolecular Hbond substituents is 1. The number of nitrogen functional groups attached to an aromatic ring is 1. The standard InChI is InChI=1S/C19H22N2O3/c20-16-6-4-5-7-17(16)21-19(24)9-3-1-2-8-18(23)14-10-12-15(22)13-11-14/h3-7,9-13,18,22-23H,1-2,8,20H2,(H,21,24)/b9-3+/t18-/m0/s1. The molecule has 0 radical (unpaired) electrons. The van der Waals surface area contributed by atoms with Crippen molar-refractivity contribution in [2.45, 2.75) is 25.4 Å². The number of nitrogens with one attached hydrogen (secondary N) is 1. The molecule has 5 nitrogen and oxygen atoms in total. The third-order valence-electron chi connectivity index (χ3n) is 3.61. The lowest BCUT2D eigenvalue weighted by molar-refractivity contribution is -0.111. The molecule has 0 heterocycles. The van der Waals surface area contributed by atoms with E-state index in [4.69, 9.17) is 5.73 Å². The van der Waals surface area contributed by atoms with E-state index in [1.807, 2.05) is 0 Å². The van der Waals surface area contributed by atoms with E-state index >= 15 is 0 Å². The maximum absolute atomic E-state index is 11.8. The number of carbonyl (C=O) groups is 1. The minimum Gasteiger partial charge on any atom is -0.508 e. The highest BCUT2D eigenvalue weighted by Gasteiger charge is 2.06. The number of anilines is 2. The number of amides is 1. The summed E-state index contributed by atoms with van der Waals surface area (Å²) in [5.41, 5.74) is 7.65. The summed E-state index contributed by atoms with van der Waals surface area (Å²) in [6.45, 7) is 0. The minimum absolute atomic E-state index is 0.180. The van der Waals surface area contributed by atoms with E-state index in [1.165, 1.54) is 6.08 Å². The lowest BCUT2D eigenvalue weighted by atomic mass is 10.0.